The molecular formula is C15H18N2O2S2. The third kappa shape index (κ3) is 4.68. The summed E-state index contributed by atoms with van der Waals surface area (Å²) in [5, 5.41) is 11.4. The summed E-state index contributed by atoms with van der Waals surface area (Å²) in [7, 11) is 0. The van der Waals surface area contributed by atoms with Crippen LogP contribution < -0.4 is 10.6 Å². The summed E-state index contributed by atoms with van der Waals surface area (Å²) in [5.74, 6) is -0.171. The van der Waals surface area contributed by atoms with E-state index in [1.807, 2.05) is 29.8 Å². The zero-order valence-electron chi connectivity index (χ0n) is 11.8. The van der Waals surface area contributed by atoms with Crippen molar-refractivity contribution in [1.29, 1.82) is 0 Å². The summed E-state index contributed by atoms with van der Waals surface area (Å²) in [6, 6.07) is 5.84. The third-order valence-corrected chi connectivity index (χ3v) is 4.72. The fraction of sp³-hybridized carbons (Fsp3) is 0.333. The van der Waals surface area contributed by atoms with Gasteiger partial charge in [0.25, 0.3) is 5.91 Å². The Morgan fingerprint density at radius 2 is 2.14 bits per heavy atom. The second kappa shape index (κ2) is 7.95. The molecule has 0 saturated carbocycles. The Balaban J connectivity index is 1.73. The van der Waals surface area contributed by atoms with Crippen LogP contribution in [-0.2, 0) is 4.79 Å². The van der Waals surface area contributed by atoms with Gasteiger partial charge in [-0.2, -0.15) is 11.3 Å². The van der Waals surface area contributed by atoms with Crippen molar-refractivity contribution in [2.45, 2.75) is 25.8 Å². The second-order valence-electron chi connectivity index (χ2n) is 4.56. The summed E-state index contributed by atoms with van der Waals surface area (Å²) < 4.78 is 0. The van der Waals surface area contributed by atoms with Crippen LogP contribution in [0.25, 0.3) is 0 Å². The highest BCUT2D eigenvalue weighted by atomic mass is 32.1. The lowest BCUT2D eigenvalue weighted by atomic mass is 10.2. The summed E-state index contributed by atoms with van der Waals surface area (Å²) >= 11 is 3.12. The molecule has 21 heavy (non-hydrogen) atoms. The first kappa shape index (κ1) is 15.7. The molecule has 2 N–H and O–H groups in total. The fourth-order valence-corrected chi connectivity index (χ4v) is 3.41. The van der Waals surface area contributed by atoms with Gasteiger partial charge in [-0.25, -0.2) is 0 Å². The van der Waals surface area contributed by atoms with Gasteiger partial charge in [0.05, 0.1) is 6.04 Å². The molecule has 2 aromatic rings. The van der Waals surface area contributed by atoms with E-state index < -0.39 is 0 Å². The van der Waals surface area contributed by atoms with E-state index in [0.29, 0.717) is 12.1 Å². The highest BCUT2D eigenvalue weighted by molar-refractivity contribution is 7.10. The van der Waals surface area contributed by atoms with Crippen LogP contribution in [0.3, 0.4) is 0 Å². The van der Waals surface area contributed by atoms with E-state index >= 15 is 0 Å². The molecule has 2 heterocycles. The molecule has 0 spiro atoms. The first-order valence-electron chi connectivity index (χ1n) is 6.84. The number of rotatable bonds is 7. The van der Waals surface area contributed by atoms with E-state index in [9.17, 15) is 9.59 Å². The Morgan fingerprint density at radius 3 is 2.76 bits per heavy atom. The Bertz CT molecular complexity index is 565. The van der Waals surface area contributed by atoms with Crippen LogP contribution in [0, 0.1) is 0 Å². The van der Waals surface area contributed by atoms with E-state index in [0.717, 1.165) is 11.3 Å². The Labute approximate surface area is 132 Å². The number of carbonyl (C=O) groups excluding carboxylic acids is 2. The molecule has 0 saturated heterocycles. The maximum absolute atomic E-state index is 11.9. The highest BCUT2D eigenvalue weighted by Gasteiger charge is 2.13. The summed E-state index contributed by atoms with van der Waals surface area (Å²) in [4.78, 5) is 24.8. The minimum atomic E-state index is -0.130. The largest absolute Gasteiger partial charge is 0.351 e. The van der Waals surface area contributed by atoms with Gasteiger partial charge in [0, 0.05) is 28.8 Å². The van der Waals surface area contributed by atoms with Crippen molar-refractivity contribution in [3.05, 3.63) is 44.8 Å². The second-order valence-corrected chi connectivity index (χ2v) is 6.32. The van der Waals surface area contributed by atoms with Crippen molar-refractivity contribution in [2.75, 3.05) is 6.54 Å². The number of amides is 2. The van der Waals surface area contributed by atoms with Crippen LogP contribution in [0.15, 0.2) is 34.3 Å². The molecule has 0 aromatic carbocycles. The monoisotopic (exact) mass is 322 g/mol. The number of nitrogens with one attached hydrogen (secondary N) is 2. The lowest BCUT2D eigenvalue weighted by molar-refractivity contribution is -0.121. The summed E-state index contributed by atoms with van der Waals surface area (Å²) in [6.45, 7) is 2.39. The Hall–Kier alpha value is -1.66. The van der Waals surface area contributed by atoms with Crippen LogP contribution in [0.1, 0.15) is 41.0 Å². The molecule has 0 aliphatic heterocycles. The number of thiophene rings is 2. The lowest BCUT2D eigenvalue weighted by Gasteiger charge is -2.15. The standard InChI is InChI=1S/C15H18N2O2S2/c1-2-12(13-4-3-8-21-13)17-14(18)5-7-16-15(19)11-6-9-20-10-11/h3-4,6,8-10,12H,2,5,7H2,1H3,(H,16,19)(H,17,18)/t12-/m0/s1. The van der Waals surface area contributed by atoms with Gasteiger partial charge in [0.15, 0.2) is 0 Å². The lowest BCUT2D eigenvalue weighted by Crippen LogP contribution is -2.32. The quantitative estimate of drug-likeness (QED) is 0.822. The molecule has 2 amide bonds. The van der Waals surface area contributed by atoms with E-state index in [4.69, 9.17) is 0 Å². The molecule has 4 nitrogen and oxygen atoms in total. The van der Waals surface area contributed by atoms with E-state index in [1.54, 1.807) is 22.8 Å². The van der Waals surface area contributed by atoms with Gasteiger partial charge >= 0.3 is 0 Å². The van der Waals surface area contributed by atoms with Gasteiger partial charge in [-0.15, -0.1) is 11.3 Å². The van der Waals surface area contributed by atoms with Crippen molar-refractivity contribution < 1.29 is 9.59 Å². The van der Waals surface area contributed by atoms with Gasteiger partial charge in [-0.3, -0.25) is 9.59 Å². The van der Waals surface area contributed by atoms with Crippen LogP contribution in [0.5, 0.6) is 0 Å². The van der Waals surface area contributed by atoms with Crippen molar-refractivity contribution in [3.63, 3.8) is 0 Å². The Kier molecular flexibility index (Phi) is 5.95. The zero-order chi connectivity index (χ0) is 15.1. The topological polar surface area (TPSA) is 58.2 Å². The summed E-state index contributed by atoms with van der Waals surface area (Å²) in [5.41, 5.74) is 0.644. The molecule has 0 bridgehead atoms. The van der Waals surface area contributed by atoms with Gasteiger partial charge < -0.3 is 10.6 Å². The maximum atomic E-state index is 11.9. The molecule has 0 aliphatic rings. The molecular weight excluding hydrogens is 304 g/mol. The van der Waals surface area contributed by atoms with Gasteiger partial charge in [0.2, 0.25) is 5.91 Å². The first-order valence-corrected chi connectivity index (χ1v) is 8.66. The minimum Gasteiger partial charge on any atom is -0.351 e. The molecule has 0 aliphatic carbocycles. The number of hydrogen-bond acceptors (Lipinski definition) is 4. The molecule has 0 radical (unpaired) electrons. The third-order valence-electron chi connectivity index (χ3n) is 3.05. The molecule has 112 valence electrons. The Morgan fingerprint density at radius 1 is 1.29 bits per heavy atom. The van der Waals surface area contributed by atoms with E-state index in [2.05, 4.69) is 10.6 Å². The highest BCUT2D eigenvalue weighted by Crippen LogP contribution is 2.21. The van der Waals surface area contributed by atoms with Crippen LogP contribution in [0.4, 0.5) is 0 Å². The molecule has 6 heteroatoms. The summed E-state index contributed by atoms with van der Waals surface area (Å²) in [6.07, 6.45) is 1.14. The predicted octanol–water partition coefficient (Wildman–Crippen LogP) is 3.20. The van der Waals surface area contributed by atoms with Crippen LogP contribution in [-0.4, -0.2) is 18.4 Å². The molecule has 2 rings (SSSR count). The fourth-order valence-electron chi connectivity index (χ4n) is 1.92. The molecule has 1 atom stereocenters. The van der Waals surface area contributed by atoms with E-state index in [1.165, 1.54) is 11.3 Å². The average Bonchev–Trinajstić information content (AvgIpc) is 3.17. The number of carbonyl (C=O) groups is 2. The van der Waals surface area contributed by atoms with Gasteiger partial charge in [-0.05, 0) is 29.3 Å². The van der Waals surface area contributed by atoms with Crippen molar-refractivity contribution in [2.24, 2.45) is 0 Å². The van der Waals surface area contributed by atoms with E-state index in [-0.39, 0.29) is 24.3 Å². The van der Waals surface area contributed by atoms with Crippen LogP contribution in [0.2, 0.25) is 0 Å². The molecule has 0 unspecified atom stereocenters. The maximum Gasteiger partial charge on any atom is 0.252 e. The molecule has 2 aromatic heterocycles. The minimum absolute atomic E-state index is 0.0409. The zero-order valence-corrected chi connectivity index (χ0v) is 13.4. The SMILES string of the molecule is CC[C@H](NC(=O)CCNC(=O)c1ccsc1)c1cccs1. The number of hydrogen-bond donors (Lipinski definition) is 2. The van der Waals surface area contributed by atoms with Crippen molar-refractivity contribution in [3.8, 4) is 0 Å². The van der Waals surface area contributed by atoms with Gasteiger partial charge in [0.1, 0.15) is 0 Å². The smallest absolute Gasteiger partial charge is 0.252 e. The predicted molar refractivity (Wildman–Crippen MR) is 86.8 cm³/mol. The van der Waals surface area contributed by atoms with Crippen LogP contribution >= 0.6 is 22.7 Å². The normalized spacial score (nSPS) is 11.9. The first-order chi connectivity index (χ1) is 10.2. The van der Waals surface area contributed by atoms with Crippen molar-refractivity contribution >= 4 is 34.5 Å². The average molecular weight is 322 g/mol. The van der Waals surface area contributed by atoms with Crippen molar-refractivity contribution in [1.82, 2.24) is 10.6 Å². The molecule has 0 fully saturated rings. The van der Waals surface area contributed by atoms with Gasteiger partial charge in [-0.1, -0.05) is 13.0 Å².